The summed E-state index contributed by atoms with van der Waals surface area (Å²) in [5.41, 5.74) is 1.02. The number of benzene rings is 1. The lowest BCUT2D eigenvalue weighted by Crippen LogP contribution is -2.23. The summed E-state index contributed by atoms with van der Waals surface area (Å²) in [6, 6.07) is 11.9. The molecule has 1 N–H and O–H groups in total. The van der Waals surface area contributed by atoms with Crippen molar-refractivity contribution < 1.29 is 9.84 Å². The van der Waals surface area contributed by atoms with E-state index in [9.17, 15) is 5.11 Å². The van der Waals surface area contributed by atoms with Gasteiger partial charge in [0.1, 0.15) is 6.10 Å². The first-order valence-electron chi connectivity index (χ1n) is 6.28. The summed E-state index contributed by atoms with van der Waals surface area (Å²) in [5.74, 6) is 0. The quantitative estimate of drug-likeness (QED) is 0.854. The van der Waals surface area contributed by atoms with E-state index in [1.165, 1.54) is 0 Å². The van der Waals surface area contributed by atoms with E-state index >= 15 is 0 Å². The van der Waals surface area contributed by atoms with Gasteiger partial charge in [0.15, 0.2) is 0 Å². The Balaban J connectivity index is 2.10. The Morgan fingerprint density at radius 2 is 2.05 bits per heavy atom. The topological polar surface area (TPSA) is 29.5 Å². The van der Waals surface area contributed by atoms with Crippen LogP contribution < -0.4 is 0 Å². The fraction of sp³-hybridized carbons (Fsp3) is 0.333. The summed E-state index contributed by atoms with van der Waals surface area (Å²) in [6.45, 7) is 2.54. The van der Waals surface area contributed by atoms with Crippen molar-refractivity contribution in [2.45, 2.75) is 25.6 Å². The lowest BCUT2D eigenvalue weighted by atomic mass is 10.0. The van der Waals surface area contributed by atoms with Gasteiger partial charge in [0.2, 0.25) is 0 Å². The molecule has 0 aliphatic rings. The average molecular weight is 341 g/mol. The Morgan fingerprint density at radius 1 is 1.32 bits per heavy atom. The monoisotopic (exact) mass is 340 g/mol. The molecule has 0 fully saturated rings. The number of aliphatic hydroxyl groups is 1. The van der Waals surface area contributed by atoms with Crippen molar-refractivity contribution in [1.82, 2.24) is 0 Å². The normalized spacial score (nSPS) is 14.3. The van der Waals surface area contributed by atoms with Crippen LogP contribution in [0, 0.1) is 0 Å². The van der Waals surface area contributed by atoms with E-state index < -0.39 is 6.10 Å². The average Bonchev–Trinajstić information content (AvgIpc) is 2.82. The Labute approximate surface area is 126 Å². The van der Waals surface area contributed by atoms with Gasteiger partial charge in [0.05, 0.1) is 6.10 Å². The van der Waals surface area contributed by atoms with Gasteiger partial charge in [-0.2, -0.15) is 0 Å². The van der Waals surface area contributed by atoms with Gasteiger partial charge < -0.3 is 9.84 Å². The van der Waals surface area contributed by atoms with Crippen molar-refractivity contribution in [3.05, 3.63) is 56.7 Å². The zero-order valence-corrected chi connectivity index (χ0v) is 13.2. The van der Waals surface area contributed by atoms with Crippen molar-refractivity contribution in [1.29, 1.82) is 0 Å². The second kappa shape index (κ2) is 7.20. The standard InChI is InChI=1S/C15H17BrO2S/c1-2-18-15(11-6-4-3-5-7-11)14(17)9-13-8-12(16)10-19-13/h3-8,10,14-15,17H,2,9H2,1H3. The van der Waals surface area contributed by atoms with E-state index in [-0.39, 0.29) is 6.10 Å². The summed E-state index contributed by atoms with van der Waals surface area (Å²) in [6.07, 6.45) is -0.199. The highest BCUT2D eigenvalue weighted by Crippen LogP contribution is 2.27. The van der Waals surface area contributed by atoms with Gasteiger partial charge >= 0.3 is 0 Å². The maximum Gasteiger partial charge on any atom is 0.109 e. The largest absolute Gasteiger partial charge is 0.390 e. The van der Waals surface area contributed by atoms with Crippen LogP contribution in [0.5, 0.6) is 0 Å². The maximum atomic E-state index is 10.4. The first-order valence-corrected chi connectivity index (χ1v) is 7.95. The summed E-state index contributed by atoms with van der Waals surface area (Å²) < 4.78 is 6.77. The third kappa shape index (κ3) is 4.14. The summed E-state index contributed by atoms with van der Waals surface area (Å²) in [7, 11) is 0. The molecule has 0 amide bonds. The van der Waals surface area contributed by atoms with Crippen LogP contribution in [0.1, 0.15) is 23.5 Å². The van der Waals surface area contributed by atoms with Crippen molar-refractivity contribution in [3.8, 4) is 0 Å². The van der Waals surface area contributed by atoms with Crippen molar-refractivity contribution >= 4 is 27.3 Å². The van der Waals surface area contributed by atoms with Gasteiger partial charge in [-0.1, -0.05) is 30.3 Å². The smallest absolute Gasteiger partial charge is 0.109 e. The molecule has 1 aromatic heterocycles. The third-order valence-electron chi connectivity index (χ3n) is 2.86. The predicted molar refractivity (Wildman–Crippen MR) is 82.5 cm³/mol. The van der Waals surface area contributed by atoms with Crippen LogP contribution in [0.4, 0.5) is 0 Å². The molecular formula is C15H17BrO2S. The molecule has 4 heteroatoms. The van der Waals surface area contributed by atoms with E-state index in [0.717, 1.165) is 14.9 Å². The fourth-order valence-electron chi connectivity index (χ4n) is 2.03. The Morgan fingerprint density at radius 3 is 2.63 bits per heavy atom. The number of hydrogen-bond donors (Lipinski definition) is 1. The molecule has 0 radical (unpaired) electrons. The Hall–Kier alpha value is -0.680. The number of rotatable bonds is 6. The number of halogens is 1. The molecule has 0 saturated heterocycles. The van der Waals surface area contributed by atoms with E-state index in [1.807, 2.05) is 48.7 Å². The van der Waals surface area contributed by atoms with E-state index in [2.05, 4.69) is 15.9 Å². The van der Waals surface area contributed by atoms with Crippen molar-refractivity contribution in [2.75, 3.05) is 6.61 Å². The Kier molecular flexibility index (Phi) is 5.58. The first kappa shape index (κ1) is 14.7. The molecule has 1 aromatic carbocycles. The minimum absolute atomic E-state index is 0.271. The SMILES string of the molecule is CCOC(c1ccccc1)C(O)Cc1cc(Br)cs1. The van der Waals surface area contributed by atoms with Crippen LogP contribution >= 0.6 is 27.3 Å². The molecule has 0 aliphatic heterocycles. The second-order valence-corrected chi connectivity index (χ2v) is 6.20. The van der Waals surface area contributed by atoms with Gasteiger partial charge in [-0.15, -0.1) is 11.3 Å². The molecule has 0 saturated carbocycles. The molecule has 2 aromatic rings. The third-order valence-corrected chi connectivity index (χ3v) is 4.58. The predicted octanol–water partition coefficient (Wildman–Crippen LogP) is 4.19. The lowest BCUT2D eigenvalue weighted by molar-refractivity contribution is -0.0336. The molecule has 0 bridgehead atoms. The lowest BCUT2D eigenvalue weighted by Gasteiger charge is -2.23. The van der Waals surface area contributed by atoms with Crippen LogP contribution in [0.3, 0.4) is 0 Å². The maximum absolute atomic E-state index is 10.4. The molecule has 0 spiro atoms. The molecule has 19 heavy (non-hydrogen) atoms. The first-order chi connectivity index (χ1) is 9.20. The highest BCUT2D eigenvalue weighted by molar-refractivity contribution is 9.10. The van der Waals surface area contributed by atoms with Crippen LogP contribution in [-0.2, 0) is 11.2 Å². The molecule has 2 nitrogen and oxygen atoms in total. The molecule has 2 atom stereocenters. The summed E-state index contributed by atoms with van der Waals surface area (Å²) in [4.78, 5) is 1.15. The summed E-state index contributed by atoms with van der Waals surface area (Å²) >= 11 is 5.08. The van der Waals surface area contributed by atoms with E-state index in [1.54, 1.807) is 11.3 Å². The fourth-order valence-corrected chi connectivity index (χ4v) is 3.53. The minimum Gasteiger partial charge on any atom is -0.390 e. The molecular weight excluding hydrogens is 324 g/mol. The number of ether oxygens (including phenoxy) is 1. The van der Waals surface area contributed by atoms with E-state index in [4.69, 9.17) is 4.74 Å². The second-order valence-electron chi connectivity index (χ2n) is 4.29. The van der Waals surface area contributed by atoms with Gasteiger partial charge in [0, 0.05) is 27.8 Å². The molecule has 2 rings (SSSR count). The Bertz CT molecular complexity index is 498. The zero-order valence-electron chi connectivity index (χ0n) is 10.8. The number of aliphatic hydroxyl groups excluding tert-OH is 1. The van der Waals surface area contributed by atoms with E-state index in [0.29, 0.717) is 13.0 Å². The molecule has 2 unspecified atom stereocenters. The van der Waals surface area contributed by atoms with Crippen LogP contribution in [0.25, 0.3) is 0 Å². The van der Waals surface area contributed by atoms with Crippen molar-refractivity contribution in [2.24, 2.45) is 0 Å². The number of hydrogen-bond acceptors (Lipinski definition) is 3. The molecule has 0 aliphatic carbocycles. The zero-order chi connectivity index (χ0) is 13.7. The molecule has 1 heterocycles. The highest BCUT2D eigenvalue weighted by Gasteiger charge is 2.22. The van der Waals surface area contributed by atoms with Gasteiger partial charge in [-0.25, -0.2) is 0 Å². The van der Waals surface area contributed by atoms with Crippen LogP contribution in [-0.4, -0.2) is 17.8 Å². The molecule has 102 valence electrons. The van der Waals surface area contributed by atoms with Crippen LogP contribution in [0.2, 0.25) is 0 Å². The minimum atomic E-state index is -0.534. The van der Waals surface area contributed by atoms with Gasteiger partial charge in [-0.3, -0.25) is 0 Å². The summed E-state index contributed by atoms with van der Waals surface area (Å²) in [5, 5.41) is 12.5. The number of thiophene rings is 1. The van der Waals surface area contributed by atoms with Crippen molar-refractivity contribution in [3.63, 3.8) is 0 Å². The highest BCUT2D eigenvalue weighted by atomic mass is 79.9. The van der Waals surface area contributed by atoms with Gasteiger partial charge in [-0.05, 0) is 34.5 Å². The van der Waals surface area contributed by atoms with Gasteiger partial charge in [0.25, 0.3) is 0 Å². The van der Waals surface area contributed by atoms with Crippen LogP contribution in [0.15, 0.2) is 46.3 Å².